The highest BCUT2D eigenvalue weighted by Crippen LogP contribution is 2.24. The van der Waals surface area contributed by atoms with E-state index in [1.54, 1.807) is 0 Å². The fraction of sp³-hybridized carbons (Fsp3) is 0.550. The minimum atomic E-state index is -0.254. The largest absolute Gasteiger partial charge is 0.469 e. The van der Waals surface area contributed by atoms with Crippen molar-refractivity contribution in [1.82, 2.24) is 14.9 Å². The third-order valence-electron chi connectivity index (χ3n) is 4.29. The average Bonchev–Trinajstić information content (AvgIpc) is 3.04. The van der Waals surface area contributed by atoms with Crippen molar-refractivity contribution in [2.75, 3.05) is 19.4 Å². The molecule has 1 amide bonds. The Hall–Kier alpha value is -2.02. The smallest absolute Gasteiger partial charge is 0.305 e. The molecule has 6 nitrogen and oxygen atoms in total. The molecule has 0 saturated carbocycles. The highest BCUT2D eigenvalue weighted by Gasteiger charge is 2.12. The Bertz CT molecular complexity index is 745. The summed E-state index contributed by atoms with van der Waals surface area (Å²) in [6.07, 6.45) is 5.66. The Morgan fingerprint density at radius 3 is 2.78 bits per heavy atom. The van der Waals surface area contributed by atoms with Crippen molar-refractivity contribution in [2.24, 2.45) is 0 Å². The van der Waals surface area contributed by atoms with Crippen molar-refractivity contribution >= 4 is 34.7 Å². The number of nitrogens with one attached hydrogen (secondary N) is 1. The van der Waals surface area contributed by atoms with Crippen molar-refractivity contribution in [3.8, 4) is 0 Å². The summed E-state index contributed by atoms with van der Waals surface area (Å²) in [6.45, 7) is 3.60. The summed E-state index contributed by atoms with van der Waals surface area (Å²) in [5, 5.41) is 3.73. The predicted molar refractivity (Wildman–Crippen MR) is 109 cm³/mol. The second-order valence-corrected chi connectivity index (χ2v) is 7.36. The minimum Gasteiger partial charge on any atom is -0.469 e. The number of para-hydroxylation sites is 2. The number of benzene rings is 1. The summed E-state index contributed by atoms with van der Waals surface area (Å²) in [7, 11) is 1.37. The highest BCUT2D eigenvalue weighted by molar-refractivity contribution is 7.99. The van der Waals surface area contributed by atoms with Gasteiger partial charge in [-0.3, -0.25) is 9.59 Å². The number of methoxy groups -OCH3 is 1. The zero-order valence-electron chi connectivity index (χ0n) is 16.2. The van der Waals surface area contributed by atoms with E-state index >= 15 is 0 Å². The van der Waals surface area contributed by atoms with E-state index in [2.05, 4.69) is 27.6 Å². The quantitative estimate of drug-likeness (QED) is 0.339. The number of aromatic nitrogens is 2. The van der Waals surface area contributed by atoms with Crippen molar-refractivity contribution in [2.45, 2.75) is 57.1 Å². The van der Waals surface area contributed by atoms with Crippen LogP contribution < -0.4 is 5.32 Å². The monoisotopic (exact) mass is 391 g/mol. The van der Waals surface area contributed by atoms with E-state index in [4.69, 9.17) is 4.98 Å². The van der Waals surface area contributed by atoms with Gasteiger partial charge in [0.05, 0.1) is 23.9 Å². The van der Waals surface area contributed by atoms with Crippen LogP contribution in [0.25, 0.3) is 11.0 Å². The van der Waals surface area contributed by atoms with Crippen LogP contribution in [-0.2, 0) is 20.9 Å². The molecule has 0 aliphatic heterocycles. The molecular weight excluding hydrogens is 362 g/mol. The maximum atomic E-state index is 12.1. The number of amides is 1. The third kappa shape index (κ3) is 6.90. The van der Waals surface area contributed by atoms with Gasteiger partial charge in [0, 0.05) is 19.5 Å². The van der Waals surface area contributed by atoms with Crippen LogP contribution in [0.5, 0.6) is 0 Å². The molecule has 0 spiro atoms. The molecule has 2 aromatic rings. The van der Waals surface area contributed by atoms with Crippen LogP contribution in [0.1, 0.15) is 45.4 Å². The van der Waals surface area contributed by atoms with Crippen LogP contribution in [0, 0.1) is 0 Å². The molecule has 148 valence electrons. The van der Waals surface area contributed by atoms with Crippen LogP contribution in [0.2, 0.25) is 0 Å². The Morgan fingerprint density at radius 2 is 2.00 bits per heavy atom. The first-order valence-corrected chi connectivity index (χ1v) is 10.6. The third-order valence-corrected chi connectivity index (χ3v) is 5.27. The van der Waals surface area contributed by atoms with E-state index < -0.39 is 0 Å². The molecule has 1 N–H and O–H groups in total. The number of aryl methyl sites for hydroxylation is 1. The molecular formula is C20H29N3O3S. The molecule has 27 heavy (non-hydrogen) atoms. The number of ether oxygens (including phenoxy) is 1. The number of hydrogen-bond donors (Lipinski definition) is 1. The zero-order chi connectivity index (χ0) is 19.5. The number of hydrogen-bond acceptors (Lipinski definition) is 5. The van der Waals surface area contributed by atoms with Crippen LogP contribution >= 0.6 is 11.8 Å². The summed E-state index contributed by atoms with van der Waals surface area (Å²) < 4.78 is 6.81. The zero-order valence-corrected chi connectivity index (χ0v) is 17.0. The fourth-order valence-electron chi connectivity index (χ4n) is 2.82. The number of thioether (sulfide) groups is 1. The lowest BCUT2D eigenvalue weighted by Crippen LogP contribution is -2.26. The van der Waals surface area contributed by atoms with Crippen molar-refractivity contribution < 1.29 is 14.3 Å². The SMILES string of the molecule is CCCCCCn1c(SCC(=O)NCCCC(=O)OC)nc2ccccc21. The number of rotatable bonds is 12. The minimum absolute atomic E-state index is 0.0468. The molecule has 0 aliphatic rings. The number of carbonyl (C=O) groups is 2. The molecule has 1 heterocycles. The van der Waals surface area contributed by atoms with Gasteiger partial charge in [0.25, 0.3) is 0 Å². The van der Waals surface area contributed by atoms with Gasteiger partial charge in [0.15, 0.2) is 5.16 Å². The molecule has 1 aromatic heterocycles. The maximum absolute atomic E-state index is 12.1. The van der Waals surface area contributed by atoms with E-state index in [0.717, 1.165) is 29.2 Å². The predicted octanol–water partition coefficient (Wildman–Crippen LogP) is 3.78. The molecule has 0 saturated heterocycles. The molecule has 0 aliphatic carbocycles. The first kappa shape index (κ1) is 21.3. The van der Waals surface area contributed by atoms with Gasteiger partial charge in [-0.25, -0.2) is 4.98 Å². The number of carbonyl (C=O) groups excluding carboxylic acids is 2. The topological polar surface area (TPSA) is 73.2 Å². The lowest BCUT2D eigenvalue weighted by molar-refractivity contribution is -0.140. The Labute approximate surface area is 165 Å². The van der Waals surface area contributed by atoms with Gasteiger partial charge < -0.3 is 14.6 Å². The number of esters is 1. The van der Waals surface area contributed by atoms with E-state index in [9.17, 15) is 9.59 Å². The van der Waals surface area contributed by atoms with Gasteiger partial charge >= 0.3 is 5.97 Å². The number of fused-ring (bicyclic) bond motifs is 1. The summed E-state index contributed by atoms with van der Waals surface area (Å²) in [5.41, 5.74) is 2.09. The molecule has 2 rings (SSSR count). The van der Waals surface area contributed by atoms with Crippen molar-refractivity contribution in [1.29, 1.82) is 0 Å². The molecule has 0 fully saturated rings. The van der Waals surface area contributed by atoms with Gasteiger partial charge in [-0.05, 0) is 25.0 Å². The lowest BCUT2D eigenvalue weighted by Gasteiger charge is -2.09. The Kier molecular flexibility index (Phi) is 9.18. The van der Waals surface area contributed by atoms with Gasteiger partial charge in [-0.1, -0.05) is 50.1 Å². The first-order valence-electron chi connectivity index (χ1n) is 9.57. The van der Waals surface area contributed by atoms with Crippen LogP contribution in [0.15, 0.2) is 29.4 Å². The van der Waals surface area contributed by atoms with Gasteiger partial charge in [0.2, 0.25) is 5.91 Å². The summed E-state index contributed by atoms with van der Waals surface area (Å²) in [4.78, 5) is 27.8. The lowest BCUT2D eigenvalue weighted by atomic mass is 10.2. The highest BCUT2D eigenvalue weighted by atomic mass is 32.2. The molecule has 7 heteroatoms. The number of imidazole rings is 1. The number of nitrogens with zero attached hydrogens (tertiary/aromatic N) is 2. The summed E-state index contributed by atoms with van der Waals surface area (Å²) >= 11 is 1.46. The molecule has 0 atom stereocenters. The van der Waals surface area contributed by atoms with E-state index in [-0.39, 0.29) is 11.9 Å². The maximum Gasteiger partial charge on any atom is 0.305 e. The molecule has 0 unspecified atom stereocenters. The van der Waals surface area contributed by atoms with Crippen LogP contribution in [-0.4, -0.2) is 40.8 Å². The second-order valence-electron chi connectivity index (χ2n) is 6.41. The molecule has 1 aromatic carbocycles. The number of unbranched alkanes of at least 4 members (excludes halogenated alkanes) is 3. The van der Waals surface area contributed by atoms with Gasteiger partial charge in [-0.2, -0.15) is 0 Å². The standard InChI is InChI=1S/C20H29N3O3S/c1-3-4-5-8-14-23-17-11-7-6-10-16(17)22-20(23)27-15-18(24)21-13-9-12-19(25)26-2/h6-7,10-11H,3-5,8-9,12-15H2,1-2H3,(H,21,24). The van der Waals surface area contributed by atoms with Crippen LogP contribution in [0.3, 0.4) is 0 Å². The second kappa shape index (κ2) is 11.6. The van der Waals surface area contributed by atoms with Gasteiger partial charge in [-0.15, -0.1) is 0 Å². The van der Waals surface area contributed by atoms with Crippen molar-refractivity contribution in [3.05, 3.63) is 24.3 Å². The first-order chi connectivity index (χ1) is 13.2. The van der Waals surface area contributed by atoms with Crippen LogP contribution in [0.4, 0.5) is 0 Å². The van der Waals surface area contributed by atoms with E-state index in [0.29, 0.717) is 25.1 Å². The van der Waals surface area contributed by atoms with Gasteiger partial charge in [0.1, 0.15) is 0 Å². The molecule has 0 bridgehead atoms. The Balaban J connectivity index is 1.89. The van der Waals surface area contributed by atoms with Crippen molar-refractivity contribution in [3.63, 3.8) is 0 Å². The summed E-state index contributed by atoms with van der Waals surface area (Å²) in [6, 6.07) is 8.10. The van der Waals surface area contributed by atoms with E-state index in [1.807, 2.05) is 18.2 Å². The summed E-state index contributed by atoms with van der Waals surface area (Å²) in [5.74, 6) is 0.0149. The normalized spacial score (nSPS) is 10.9. The molecule has 0 radical (unpaired) electrons. The Morgan fingerprint density at radius 1 is 1.19 bits per heavy atom. The average molecular weight is 392 g/mol. The fourth-order valence-corrected chi connectivity index (χ4v) is 3.69. The van der Waals surface area contributed by atoms with E-state index in [1.165, 1.54) is 38.1 Å².